The standard InChI is InChI=1S/C15H18N4O3S/c1-3-16-10(2)8-17-14(20)13-9-23-15(18-13)11-5-4-6-12(7-11)19(21)22/h4-7,9-10,16H,3,8H2,1-2H3,(H,17,20)/t10-/m1/s1. The second-order valence-electron chi connectivity index (χ2n) is 5.01. The molecular weight excluding hydrogens is 316 g/mol. The van der Waals surface area contributed by atoms with E-state index in [9.17, 15) is 14.9 Å². The molecule has 1 heterocycles. The zero-order valence-electron chi connectivity index (χ0n) is 12.9. The zero-order valence-corrected chi connectivity index (χ0v) is 13.7. The number of amides is 1. The normalized spacial score (nSPS) is 11.9. The Morgan fingerprint density at radius 3 is 2.96 bits per heavy atom. The largest absolute Gasteiger partial charge is 0.349 e. The van der Waals surface area contributed by atoms with E-state index >= 15 is 0 Å². The SMILES string of the molecule is CCN[C@H](C)CNC(=O)c1csc(-c2cccc([N+](=O)[O-])c2)n1. The third-order valence-corrected chi connectivity index (χ3v) is 4.05. The Kier molecular flexibility index (Phi) is 5.78. The minimum Gasteiger partial charge on any atom is -0.349 e. The number of likely N-dealkylation sites (N-methyl/N-ethyl adjacent to an activating group) is 1. The Morgan fingerprint density at radius 1 is 1.48 bits per heavy atom. The van der Waals surface area contributed by atoms with Crippen molar-refractivity contribution >= 4 is 22.9 Å². The van der Waals surface area contributed by atoms with Crippen LogP contribution in [0.5, 0.6) is 0 Å². The third-order valence-electron chi connectivity index (χ3n) is 3.16. The summed E-state index contributed by atoms with van der Waals surface area (Å²) < 4.78 is 0. The van der Waals surface area contributed by atoms with Gasteiger partial charge in [-0.15, -0.1) is 11.3 Å². The van der Waals surface area contributed by atoms with Crippen molar-refractivity contribution in [3.63, 3.8) is 0 Å². The molecule has 1 atom stereocenters. The van der Waals surface area contributed by atoms with Gasteiger partial charge in [-0.25, -0.2) is 4.98 Å². The minimum absolute atomic E-state index is 0.00293. The first-order valence-corrected chi connectivity index (χ1v) is 8.11. The van der Waals surface area contributed by atoms with Gasteiger partial charge in [-0.05, 0) is 13.5 Å². The fourth-order valence-corrected chi connectivity index (χ4v) is 2.82. The van der Waals surface area contributed by atoms with Crippen molar-refractivity contribution in [2.75, 3.05) is 13.1 Å². The Hall–Kier alpha value is -2.32. The van der Waals surface area contributed by atoms with E-state index < -0.39 is 4.92 Å². The summed E-state index contributed by atoms with van der Waals surface area (Å²) in [5.41, 5.74) is 0.952. The van der Waals surface area contributed by atoms with Crippen molar-refractivity contribution in [1.29, 1.82) is 0 Å². The summed E-state index contributed by atoms with van der Waals surface area (Å²) in [7, 11) is 0. The Bertz CT molecular complexity index is 702. The van der Waals surface area contributed by atoms with Crippen LogP contribution in [0.4, 0.5) is 5.69 Å². The van der Waals surface area contributed by atoms with E-state index in [1.165, 1.54) is 23.5 Å². The number of nitro groups is 1. The molecule has 2 aromatic rings. The second-order valence-corrected chi connectivity index (χ2v) is 5.87. The number of aromatic nitrogens is 1. The summed E-state index contributed by atoms with van der Waals surface area (Å²) >= 11 is 1.29. The first-order chi connectivity index (χ1) is 11.0. The molecule has 122 valence electrons. The van der Waals surface area contributed by atoms with Crippen molar-refractivity contribution in [2.45, 2.75) is 19.9 Å². The van der Waals surface area contributed by atoms with Gasteiger partial charge in [0.15, 0.2) is 0 Å². The van der Waals surface area contributed by atoms with Gasteiger partial charge in [0.05, 0.1) is 4.92 Å². The van der Waals surface area contributed by atoms with Crippen LogP contribution in [0.25, 0.3) is 10.6 Å². The van der Waals surface area contributed by atoms with Gasteiger partial charge in [0.1, 0.15) is 10.7 Å². The Labute approximate surface area is 137 Å². The molecule has 8 heteroatoms. The van der Waals surface area contributed by atoms with E-state index in [1.807, 2.05) is 13.8 Å². The Balaban J connectivity index is 2.07. The summed E-state index contributed by atoms with van der Waals surface area (Å²) in [5, 5.41) is 19.1. The van der Waals surface area contributed by atoms with Crippen LogP contribution in [0.15, 0.2) is 29.6 Å². The Morgan fingerprint density at radius 2 is 2.26 bits per heavy atom. The maximum absolute atomic E-state index is 12.1. The number of non-ortho nitro benzene ring substituents is 1. The lowest BCUT2D eigenvalue weighted by Gasteiger charge is -2.12. The molecule has 0 saturated heterocycles. The van der Waals surface area contributed by atoms with E-state index in [1.54, 1.807) is 17.5 Å². The van der Waals surface area contributed by atoms with E-state index in [4.69, 9.17) is 0 Å². The summed E-state index contributed by atoms with van der Waals surface area (Å²) in [6, 6.07) is 6.40. The summed E-state index contributed by atoms with van der Waals surface area (Å²) in [6.07, 6.45) is 0. The van der Waals surface area contributed by atoms with Gasteiger partial charge in [-0.3, -0.25) is 14.9 Å². The van der Waals surface area contributed by atoms with E-state index in [0.29, 0.717) is 22.8 Å². The van der Waals surface area contributed by atoms with Crippen LogP contribution in [0.1, 0.15) is 24.3 Å². The van der Waals surface area contributed by atoms with E-state index in [-0.39, 0.29) is 17.6 Å². The van der Waals surface area contributed by atoms with Gasteiger partial charge in [-0.2, -0.15) is 0 Å². The molecular formula is C15H18N4O3S. The number of carbonyl (C=O) groups excluding carboxylic acids is 1. The average molecular weight is 334 g/mol. The first kappa shape index (κ1) is 17.0. The second kappa shape index (κ2) is 7.80. The van der Waals surface area contributed by atoms with Crippen molar-refractivity contribution in [2.24, 2.45) is 0 Å². The van der Waals surface area contributed by atoms with Crippen LogP contribution in [0, 0.1) is 10.1 Å². The molecule has 0 spiro atoms. The van der Waals surface area contributed by atoms with Crippen molar-refractivity contribution in [1.82, 2.24) is 15.6 Å². The lowest BCUT2D eigenvalue weighted by atomic mass is 10.2. The van der Waals surface area contributed by atoms with Gasteiger partial charge < -0.3 is 10.6 Å². The molecule has 1 aromatic carbocycles. The molecule has 1 aromatic heterocycles. The number of nitrogens with zero attached hydrogens (tertiary/aromatic N) is 2. The molecule has 7 nitrogen and oxygen atoms in total. The molecule has 0 aliphatic heterocycles. The predicted molar refractivity (Wildman–Crippen MR) is 89.7 cm³/mol. The lowest BCUT2D eigenvalue weighted by Crippen LogP contribution is -2.38. The zero-order chi connectivity index (χ0) is 16.8. The van der Waals surface area contributed by atoms with Crippen LogP contribution in [-0.2, 0) is 0 Å². The number of nitro benzene ring substituents is 1. The molecule has 0 bridgehead atoms. The average Bonchev–Trinajstić information content (AvgIpc) is 3.03. The highest BCUT2D eigenvalue weighted by Gasteiger charge is 2.14. The molecule has 0 aliphatic carbocycles. The number of hydrogen-bond donors (Lipinski definition) is 2. The van der Waals surface area contributed by atoms with Crippen LogP contribution in [0.2, 0.25) is 0 Å². The fraction of sp³-hybridized carbons (Fsp3) is 0.333. The molecule has 2 rings (SSSR count). The van der Waals surface area contributed by atoms with Crippen molar-refractivity contribution < 1.29 is 9.72 Å². The predicted octanol–water partition coefficient (Wildman–Crippen LogP) is 2.45. The smallest absolute Gasteiger partial charge is 0.270 e. The van der Waals surface area contributed by atoms with Crippen LogP contribution < -0.4 is 10.6 Å². The first-order valence-electron chi connectivity index (χ1n) is 7.23. The van der Waals surface area contributed by atoms with E-state index in [2.05, 4.69) is 15.6 Å². The summed E-state index contributed by atoms with van der Waals surface area (Å²) in [6.45, 7) is 5.34. The molecule has 0 saturated carbocycles. The minimum atomic E-state index is -0.452. The lowest BCUT2D eigenvalue weighted by molar-refractivity contribution is -0.384. The maximum atomic E-state index is 12.1. The highest BCUT2D eigenvalue weighted by Crippen LogP contribution is 2.26. The molecule has 0 aliphatic rings. The number of carbonyl (C=O) groups is 1. The monoisotopic (exact) mass is 334 g/mol. The number of thiazole rings is 1. The number of nitrogens with one attached hydrogen (secondary N) is 2. The van der Waals surface area contributed by atoms with Gasteiger partial charge in [0.2, 0.25) is 0 Å². The molecule has 0 unspecified atom stereocenters. The maximum Gasteiger partial charge on any atom is 0.270 e. The highest BCUT2D eigenvalue weighted by atomic mass is 32.1. The third kappa shape index (κ3) is 4.57. The summed E-state index contributed by atoms with van der Waals surface area (Å²) in [5.74, 6) is -0.248. The van der Waals surface area contributed by atoms with Gasteiger partial charge in [-0.1, -0.05) is 19.1 Å². The van der Waals surface area contributed by atoms with Crippen LogP contribution >= 0.6 is 11.3 Å². The molecule has 1 amide bonds. The van der Waals surface area contributed by atoms with Crippen molar-refractivity contribution in [3.8, 4) is 10.6 Å². The molecule has 2 N–H and O–H groups in total. The van der Waals surface area contributed by atoms with Crippen molar-refractivity contribution in [3.05, 3.63) is 45.5 Å². The quantitative estimate of drug-likeness (QED) is 0.599. The number of benzene rings is 1. The highest BCUT2D eigenvalue weighted by molar-refractivity contribution is 7.13. The number of hydrogen-bond acceptors (Lipinski definition) is 6. The van der Waals surface area contributed by atoms with Crippen LogP contribution in [0.3, 0.4) is 0 Å². The summed E-state index contributed by atoms with van der Waals surface area (Å²) in [4.78, 5) is 26.7. The number of rotatable bonds is 7. The van der Waals surface area contributed by atoms with Gasteiger partial charge in [0.25, 0.3) is 11.6 Å². The van der Waals surface area contributed by atoms with Gasteiger partial charge in [0, 0.05) is 35.7 Å². The topological polar surface area (TPSA) is 97.2 Å². The molecule has 0 fully saturated rings. The van der Waals surface area contributed by atoms with Gasteiger partial charge >= 0.3 is 0 Å². The van der Waals surface area contributed by atoms with Crippen LogP contribution in [-0.4, -0.2) is 34.9 Å². The van der Waals surface area contributed by atoms with E-state index in [0.717, 1.165) is 6.54 Å². The molecule has 0 radical (unpaired) electrons. The molecule has 23 heavy (non-hydrogen) atoms. The fourth-order valence-electron chi connectivity index (χ4n) is 2.02.